The monoisotopic (exact) mass is 350 g/mol. The zero-order valence-corrected chi connectivity index (χ0v) is 14.5. The molecule has 3 fully saturated rings. The third-order valence-electron chi connectivity index (χ3n) is 5.48. The Balaban J connectivity index is 1.46. The third kappa shape index (κ3) is 3.54. The van der Waals surface area contributed by atoms with Crippen LogP contribution in [0.3, 0.4) is 0 Å². The van der Waals surface area contributed by atoms with E-state index in [0.29, 0.717) is 6.54 Å². The largest absolute Gasteiger partial charge is 0.394 e. The summed E-state index contributed by atoms with van der Waals surface area (Å²) in [6.07, 6.45) is 3.53. The van der Waals surface area contributed by atoms with Crippen LogP contribution in [0.15, 0.2) is 0 Å². The lowest BCUT2D eigenvalue weighted by molar-refractivity contribution is -0.136. The van der Waals surface area contributed by atoms with Crippen molar-refractivity contribution in [3.63, 3.8) is 0 Å². The molecule has 138 valence electrons. The van der Waals surface area contributed by atoms with Gasteiger partial charge in [0, 0.05) is 25.6 Å². The van der Waals surface area contributed by atoms with Gasteiger partial charge in [0.25, 0.3) is 0 Å². The second-order valence-electron chi connectivity index (χ2n) is 7.16. The maximum Gasteiger partial charge on any atom is 0.226 e. The number of hydrogen-bond acceptors (Lipinski definition) is 7. The number of likely N-dealkylation sites (tertiary alicyclic amines) is 1. The van der Waals surface area contributed by atoms with E-state index in [1.165, 1.54) is 0 Å². The Morgan fingerprint density at radius 2 is 1.96 bits per heavy atom. The topological polar surface area (TPSA) is 96.6 Å². The second kappa shape index (κ2) is 7.35. The molecule has 4 rings (SSSR count). The van der Waals surface area contributed by atoms with E-state index < -0.39 is 0 Å². The van der Waals surface area contributed by atoms with Gasteiger partial charge < -0.3 is 14.7 Å². The molecule has 1 aliphatic carbocycles. The fraction of sp³-hybridized carbons (Fsp3) is 0.875. The van der Waals surface area contributed by atoms with Gasteiger partial charge in [-0.3, -0.25) is 9.69 Å². The highest BCUT2D eigenvalue weighted by Crippen LogP contribution is 2.40. The third-order valence-corrected chi connectivity index (χ3v) is 5.48. The summed E-state index contributed by atoms with van der Waals surface area (Å²) in [7, 11) is 0. The first-order valence-electron chi connectivity index (χ1n) is 9.27. The quantitative estimate of drug-likeness (QED) is 0.734. The Labute approximate surface area is 146 Å². The van der Waals surface area contributed by atoms with Crippen molar-refractivity contribution < 1.29 is 14.6 Å². The lowest BCUT2D eigenvalue weighted by Gasteiger charge is -2.29. The number of carbonyl (C=O) groups is 1. The molecule has 1 aromatic rings. The average molecular weight is 350 g/mol. The van der Waals surface area contributed by atoms with Crippen molar-refractivity contribution in [2.24, 2.45) is 5.92 Å². The standard InChI is InChI=1S/C16H26N6O3/c23-11-13-3-4-14(22(13)16(24)12-1-2-12)15-17-18-19-21(15)6-5-20-7-9-25-10-8-20/h12-14,23H,1-11H2/t13-,14+/m0/s1. The van der Waals surface area contributed by atoms with Crippen LogP contribution in [0, 0.1) is 5.92 Å². The fourth-order valence-electron chi connectivity index (χ4n) is 3.86. The minimum absolute atomic E-state index is 0.00427. The van der Waals surface area contributed by atoms with Crippen molar-refractivity contribution in [3.8, 4) is 0 Å². The number of aliphatic hydroxyl groups is 1. The van der Waals surface area contributed by atoms with Crippen LogP contribution in [-0.2, 0) is 16.1 Å². The summed E-state index contributed by atoms with van der Waals surface area (Å²) in [6.45, 7) is 4.98. The minimum Gasteiger partial charge on any atom is -0.394 e. The van der Waals surface area contributed by atoms with E-state index in [4.69, 9.17) is 4.74 Å². The number of hydrogen-bond donors (Lipinski definition) is 1. The maximum absolute atomic E-state index is 12.7. The van der Waals surface area contributed by atoms with Crippen LogP contribution in [0.4, 0.5) is 0 Å². The number of aliphatic hydroxyl groups excluding tert-OH is 1. The second-order valence-corrected chi connectivity index (χ2v) is 7.16. The van der Waals surface area contributed by atoms with E-state index in [-0.39, 0.29) is 30.5 Å². The molecule has 1 aromatic heterocycles. The van der Waals surface area contributed by atoms with Crippen LogP contribution in [0.1, 0.15) is 37.5 Å². The van der Waals surface area contributed by atoms with Crippen LogP contribution in [0.5, 0.6) is 0 Å². The molecular weight excluding hydrogens is 324 g/mol. The molecule has 0 radical (unpaired) electrons. The van der Waals surface area contributed by atoms with Crippen molar-refractivity contribution in [1.82, 2.24) is 30.0 Å². The highest BCUT2D eigenvalue weighted by atomic mass is 16.5. The highest BCUT2D eigenvalue weighted by Gasteiger charge is 2.44. The molecule has 25 heavy (non-hydrogen) atoms. The summed E-state index contributed by atoms with van der Waals surface area (Å²) < 4.78 is 7.20. The van der Waals surface area contributed by atoms with Gasteiger partial charge in [-0.1, -0.05) is 0 Å². The van der Waals surface area contributed by atoms with Crippen molar-refractivity contribution in [2.45, 2.75) is 44.3 Å². The van der Waals surface area contributed by atoms with E-state index in [1.807, 2.05) is 9.58 Å². The molecule has 0 unspecified atom stereocenters. The van der Waals surface area contributed by atoms with Gasteiger partial charge >= 0.3 is 0 Å². The van der Waals surface area contributed by atoms with Crippen molar-refractivity contribution in [1.29, 1.82) is 0 Å². The lowest BCUT2D eigenvalue weighted by atomic mass is 10.2. The molecule has 2 saturated heterocycles. The van der Waals surface area contributed by atoms with Crippen molar-refractivity contribution in [3.05, 3.63) is 5.82 Å². The van der Waals surface area contributed by atoms with Crippen LogP contribution >= 0.6 is 0 Å². The highest BCUT2D eigenvalue weighted by molar-refractivity contribution is 5.82. The lowest BCUT2D eigenvalue weighted by Crippen LogP contribution is -2.41. The van der Waals surface area contributed by atoms with E-state index in [9.17, 15) is 9.90 Å². The molecule has 2 aliphatic heterocycles. The summed E-state index contributed by atoms with van der Waals surface area (Å²) in [5.41, 5.74) is 0. The van der Waals surface area contributed by atoms with E-state index in [1.54, 1.807) is 0 Å². The van der Waals surface area contributed by atoms with Gasteiger partial charge in [-0.2, -0.15) is 0 Å². The number of nitrogens with zero attached hydrogens (tertiary/aromatic N) is 6. The average Bonchev–Trinajstić information content (AvgIpc) is 3.25. The number of ether oxygens (including phenoxy) is 1. The van der Waals surface area contributed by atoms with Gasteiger partial charge in [0.1, 0.15) is 0 Å². The molecule has 1 amide bonds. The van der Waals surface area contributed by atoms with Gasteiger partial charge in [-0.15, -0.1) is 5.10 Å². The first-order valence-corrected chi connectivity index (χ1v) is 9.27. The minimum atomic E-state index is -0.120. The molecule has 9 heteroatoms. The van der Waals surface area contributed by atoms with E-state index >= 15 is 0 Å². The van der Waals surface area contributed by atoms with Gasteiger partial charge in [0.2, 0.25) is 5.91 Å². The molecule has 2 atom stereocenters. The summed E-state index contributed by atoms with van der Waals surface area (Å²) in [4.78, 5) is 16.9. The van der Waals surface area contributed by atoms with Gasteiger partial charge in [0.05, 0.1) is 38.4 Å². The zero-order valence-electron chi connectivity index (χ0n) is 14.5. The predicted molar refractivity (Wildman–Crippen MR) is 87.5 cm³/mol. The molecule has 3 aliphatic rings. The molecule has 0 aromatic carbocycles. The fourth-order valence-corrected chi connectivity index (χ4v) is 3.86. The van der Waals surface area contributed by atoms with Crippen LogP contribution < -0.4 is 0 Å². The smallest absolute Gasteiger partial charge is 0.226 e. The molecule has 3 heterocycles. The first-order chi connectivity index (χ1) is 12.3. The molecule has 1 saturated carbocycles. The maximum atomic E-state index is 12.7. The number of tetrazole rings is 1. The molecule has 0 spiro atoms. The molecular formula is C16H26N6O3. The molecule has 0 bridgehead atoms. The summed E-state index contributed by atoms with van der Waals surface area (Å²) in [5.74, 6) is 1.04. The SMILES string of the molecule is O=C(C1CC1)N1[C@H](CO)CC[C@@H]1c1nnnn1CCN1CCOCC1. The molecule has 1 N–H and O–H groups in total. The summed E-state index contributed by atoms with van der Waals surface area (Å²) in [6, 6.07) is -0.229. The van der Waals surface area contributed by atoms with Crippen LogP contribution in [0.25, 0.3) is 0 Å². The Morgan fingerprint density at radius 1 is 1.16 bits per heavy atom. The van der Waals surface area contributed by atoms with Crippen molar-refractivity contribution in [2.75, 3.05) is 39.5 Å². The number of morpholine rings is 1. The van der Waals surface area contributed by atoms with Gasteiger partial charge in [-0.25, -0.2) is 4.68 Å². The number of carbonyl (C=O) groups excluding carboxylic acids is 1. The molecule has 9 nitrogen and oxygen atoms in total. The zero-order chi connectivity index (χ0) is 17.2. The predicted octanol–water partition coefficient (Wildman–Crippen LogP) is -0.560. The van der Waals surface area contributed by atoms with Crippen molar-refractivity contribution >= 4 is 5.91 Å². The number of amides is 1. The van der Waals surface area contributed by atoms with Crippen LogP contribution in [-0.4, -0.2) is 86.5 Å². The van der Waals surface area contributed by atoms with E-state index in [0.717, 1.165) is 64.4 Å². The van der Waals surface area contributed by atoms with Gasteiger partial charge in [-0.05, 0) is 36.1 Å². The summed E-state index contributed by atoms with van der Waals surface area (Å²) >= 11 is 0. The van der Waals surface area contributed by atoms with Crippen LogP contribution in [0.2, 0.25) is 0 Å². The Hall–Kier alpha value is -1.58. The Kier molecular flexibility index (Phi) is 4.96. The van der Waals surface area contributed by atoms with Gasteiger partial charge in [0.15, 0.2) is 5.82 Å². The normalized spacial score (nSPS) is 27.8. The Morgan fingerprint density at radius 3 is 2.68 bits per heavy atom. The Bertz CT molecular complexity index is 598. The summed E-state index contributed by atoms with van der Waals surface area (Å²) in [5, 5.41) is 21.9. The number of aromatic nitrogens is 4. The first kappa shape index (κ1) is 16.9. The number of rotatable bonds is 6. The van der Waals surface area contributed by atoms with E-state index in [2.05, 4.69) is 20.4 Å².